The van der Waals surface area contributed by atoms with Crippen molar-refractivity contribution in [2.24, 2.45) is 0 Å². The second-order valence-corrected chi connectivity index (χ2v) is 6.50. The number of aromatic nitrogens is 1. The molecule has 2 heterocycles. The number of aryl methyl sites for hydroxylation is 1. The van der Waals surface area contributed by atoms with Gasteiger partial charge in [-0.25, -0.2) is 0 Å². The van der Waals surface area contributed by atoms with Gasteiger partial charge in [0, 0.05) is 16.9 Å². The molecule has 0 radical (unpaired) electrons. The molecule has 0 bridgehead atoms. The van der Waals surface area contributed by atoms with Crippen LogP contribution in [0.4, 0.5) is 0 Å². The molecule has 1 saturated heterocycles. The van der Waals surface area contributed by atoms with Gasteiger partial charge in [0.2, 0.25) is 0 Å². The number of amides is 1. The number of carbonyl (C=O) groups is 1. The van der Waals surface area contributed by atoms with Crippen molar-refractivity contribution in [1.82, 2.24) is 15.2 Å². The van der Waals surface area contributed by atoms with Gasteiger partial charge >= 0.3 is 0 Å². The predicted molar refractivity (Wildman–Crippen MR) is 108 cm³/mol. The summed E-state index contributed by atoms with van der Waals surface area (Å²) in [5.74, 6) is -0.209. The monoisotopic (exact) mass is 359 g/mol. The van der Waals surface area contributed by atoms with Crippen LogP contribution >= 0.6 is 12.2 Å². The molecule has 3 aromatic rings. The standard InChI is InChI=1S/C21H17N3OS/c1-14-12-16(13-18-20(25)23-21(26)22-18)19(15-8-4-2-5-9-15)24(14)17-10-6-3-7-11-17/h2-13H,1H3,(H2,22,23,25,26). The van der Waals surface area contributed by atoms with Gasteiger partial charge in [0.25, 0.3) is 5.91 Å². The molecule has 128 valence electrons. The molecule has 1 amide bonds. The number of carbonyl (C=O) groups excluding carboxylic acids is 1. The molecule has 0 spiro atoms. The third kappa shape index (κ3) is 2.93. The highest BCUT2D eigenvalue weighted by Gasteiger charge is 2.22. The molecular formula is C21H17N3OS. The first-order valence-corrected chi connectivity index (χ1v) is 8.71. The Morgan fingerprint density at radius 3 is 2.23 bits per heavy atom. The highest BCUT2D eigenvalue weighted by molar-refractivity contribution is 7.80. The van der Waals surface area contributed by atoms with Crippen molar-refractivity contribution >= 4 is 29.3 Å². The maximum atomic E-state index is 12.1. The van der Waals surface area contributed by atoms with Crippen molar-refractivity contribution in [3.8, 4) is 16.9 Å². The molecule has 2 aromatic carbocycles. The van der Waals surface area contributed by atoms with Gasteiger partial charge in [-0.1, -0.05) is 48.5 Å². The Kier molecular flexibility index (Phi) is 4.14. The van der Waals surface area contributed by atoms with E-state index in [9.17, 15) is 4.79 Å². The lowest BCUT2D eigenvalue weighted by molar-refractivity contribution is -0.115. The van der Waals surface area contributed by atoms with Gasteiger partial charge in [-0.3, -0.25) is 10.1 Å². The molecule has 0 saturated carbocycles. The minimum atomic E-state index is -0.209. The van der Waals surface area contributed by atoms with Gasteiger partial charge in [0.05, 0.1) is 5.69 Å². The van der Waals surface area contributed by atoms with E-state index in [1.807, 2.05) is 42.5 Å². The smallest absolute Gasteiger partial charge is 0.273 e. The minimum Gasteiger partial charge on any atom is -0.328 e. The summed E-state index contributed by atoms with van der Waals surface area (Å²) < 4.78 is 2.20. The Morgan fingerprint density at radius 2 is 1.62 bits per heavy atom. The van der Waals surface area contributed by atoms with E-state index in [2.05, 4.69) is 52.5 Å². The topological polar surface area (TPSA) is 46.1 Å². The SMILES string of the molecule is Cc1cc(C=C2NC(=S)NC2=O)c(-c2ccccc2)n1-c1ccccc1. The van der Waals surface area contributed by atoms with Crippen LogP contribution in [0.25, 0.3) is 23.0 Å². The zero-order valence-corrected chi connectivity index (χ0v) is 15.0. The fourth-order valence-electron chi connectivity index (χ4n) is 3.21. The number of para-hydroxylation sites is 1. The maximum Gasteiger partial charge on any atom is 0.273 e. The molecule has 1 aliphatic heterocycles. The fourth-order valence-corrected chi connectivity index (χ4v) is 3.42. The second kappa shape index (κ2) is 6.61. The molecule has 1 fully saturated rings. The largest absolute Gasteiger partial charge is 0.328 e. The zero-order chi connectivity index (χ0) is 18.1. The quantitative estimate of drug-likeness (QED) is 0.552. The molecular weight excluding hydrogens is 342 g/mol. The normalized spacial score (nSPS) is 15.2. The lowest BCUT2D eigenvalue weighted by Gasteiger charge is -2.13. The predicted octanol–water partition coefficient (Wildman–Crippen LogP) is 3.80. The summed E-state index contributed by atoms with van der Waals surface area (Å²) in [6.07, 6.45) is 1.85. The molecule has 26 heavy (non-hydrogen) atoms. The number of hydrogen-bond acceptors (Lipinski definition) is 2. The fraction of sp³-hybridized carbons (Fsp3) is 0.0476. The summed E-state index contributed by atoms with van der Waals surface area (Å²) in [7, 11) is 0. The van der Waals surface area contributed by atoms with Crippen LogP contribution < -0.4 is 10.6 Å². The van der Waals surface area contributed by atoms with Gasteiger partial charge in [-0.2, -0.15) is 0 Å². The van der Waals surface area contributed by atoms with Crippen molar-refractivity contribution in [1.29, 1.82) is 0 Å². The van der Waals surface area contributed by atoms with Gasteiger partial charge in [-0.05, 0) is 49.0 Å². The van der Waals surface area contributed by atoms with E-state index in [0.717, 1.165) is 28.2 Å². The van der Waals surface area contributed by atoms with Gasteiger partial charge < -0.3 is 9.88 Å². The number of nitrogens with zero attached hydrogens (tertiary/aromatic N) is 1. The van der Waals surface area contributed by atoms with Crippen molar-refractivity contribution in [3.63, 3.8) is 0 Å². The van der Waals surface area contributed by atoms with Crippen molar-refractivity contribution < 1.29 is 4.79 Å². The first kappa shape index (κ1) is 16.3. The van der Waals surface area contributed by atoms with Crippen molar-refractivity contribution in [2.45, 2.75) is 6.92 Å². The average Bonchev–Trinajstić information content (AvgIpc) is 3.15. The van der Waals surface area contributed by atoms with Crippen LogP contribution in [-0.2, 0) is 4.79 Å². The number of thiocarbonyl (C=S) groups is 1. The molecule has 1 aromatic heterocycles. The summed E-state index contributed by atoms with van der Waals surface area (Å²) in [5, 5.41) is 5.86. The summed E-state index contributed by atoms with van der Waals surface area (Å²) >= 11 is 5.03. The Morgan fingerprint density at radius 1 is 0.962 bits per heavy atom. The first-order chi connectivity index (χ1) is 12.6. The highest BCUT2D eigenvalue weighted by Crippen LogP contribution is 2.32. The molecule has 0 unspecified atom stereocenters. The molecule has 1 aliphatic rings. The third-order valence-corrected chi connectivity index (χ3v) is 4.50. The molecule has 2 N–H and O–H groups in total. The van der Waals surface area contributed by atoms with Crippen LogP contribution in [0.2, 0.25) is 0 Å². The third-order valence-electron chi connectivity index (χ3n) is 4.30. The first-order valence-electron chi connectivity index (χ1n) is 8.31. The van der Waals surface area contributed by atoms with E-state index in [1.54, 1.807) is 0 Å². The van der Waals surface area contributed by atoms with Crippen LogP contribution in [0.15, 0.2) is 72.4 Å². The summed E-state index contributed by atoms with van der Waals surface area (Å²) in [6, 6.07) is 22.4. The summed E-state index contributed by atoms with van der Waals surface area (Å²) in [6.45, 7) is 2.06. The lowest BCUT2D eigenvalue weighted by Crippen LogP contribution is -2.21. The van der Waals surface area contributed by atoms with Crippen LogP contribution in [-0.4, -0.2) is 15.6 Å². The molecule has 5 heteroatoms. The molecule has 0 aliphatic carbocycles. The Bertz CT molecular complexity index is 1020. The maximum absolute atomic E-state index is 12.1. The van der Waals surface area contributed by atoms with Gasteiger partial charge in [0.15, 0.2) is 5.11 Å². The van der Waals surface area contributed by atoms with Gasteiger partial charge in [0.1, 0.15) is 5.70 Å². The Balaban J connectivity index is 1.94. The number of nitrogens with one attached hydrogen (secondary N) is 2. The lowest BCUT2D eigenvalue weighted by atomic mass is 10.1. The molecule has 4 rings (SSSR count). The van der Waals surface area contributed by atoms with E-state index in [1.165, 1.54) is 0 Å². The van der Waals surface area contributed by atoms with E-state index >= 15 is 0 Å². The van der Waals surface area contributed by atoms with E-state index in [-0.39, 0.29) is 5.91 Å². The van der Waals surface area contributed by atoms with Crippen LogP contribution in [0.1, 0.15) is 11.3 Å². The van der Waals surface area contributed by atoms with E-state index < -0.39 is 0 Å². The van der Waals surface area contributed by atoms with Gasteiger partial charge in [-0.15, -0.1) is 0 Å². The molecule has 0 atom stereocenters. The van der Waals surface area contributed by atoms with E-state index in [0.29, 0.717) is 10.8 Å². The number of rotatable bonds is 3. The van der Waals surface area contributed by atoms with Crippen LogP contribution in [0, 0.1) is 6.92 Å². The number of benzene rings is 2. The minimum absolute atomic E-state index is 0.209. The summed E-state index contributed by atoms with van der Waals surface area (Å²) in [4.78, 5) is 12.1. The zero-order valence-electron chi connectivity index (χ0n) is 14.2. The van der Waals surface area contributed by atoms with E-state index in [4.69, 9.17) is 12.2 Å². The number of hydrogen-bond donors (Lipinski definition) is 2. The summed E-state index contributed by atoms with van der Waals surface area (Å²) in [5.41, 5.74) is 5.69. The van der Waals surface area contributed by atoms with Crippen molar-refractivity contribution in [2.75, 3.05) is 0 Å². The highest BCUT2D eigenvalue weighted by atomic mass is 32.1. The van der Waals surface area contributed by atoms with Crippen molar-refractivity contribution in [3.05, 3.63) is 83.7 Å². The second-order valence-electron chi connectivity index (χ2n) is 6.09. The van der Waals surface area contributed by atoms with Crippen LogP contribution in [0.3, 0.4) is 0 Å². The Hall–Kier alpha value is -3.18. The van der Waals surface area contributed by atoms with Crippen LogP contribution in [0.5, 0.6) is 0 Å². The Labute approximate surface area is 157 Å². The average molecular weight is 359 g/mol. The molecule has 4 nitrogen and oxygen atoms in total.